The first-order valence-electron chi connectivity index (χ1n) is 9.26. The van der Waals surface area contributed by atoms with Gasteiger partial charge >= 0.3 is 0 Å². The zero-order valence-corrected chi connectivity index (χ0v) is 15.3. The number of fused-ring (bicyclic) bond motifs is 1. The quantitative estimate of drug-likeness (QED) is 0.630. The van der Waals surface area contributed by atoms with Gasteiger partial charge in [0.05, 0.1) is 24.7 Å². The van der Waals surface area contributed by atoms with Crippen LogP contribution in [0.5, 0.6) is 5.75 Å². The summed E-state index contributed by atoms with van der Waals surface area (Å²) in [6.45, 7) is 2.39. The molecule has 2 aromatic carbocycles. The SMILES string of the molecule is O=C(c1ccc(NC[C@H]2Cc3ccccc3O2)c([N+](=O)[O-])c1)N1CCOCC1. The summed E-state index contributed by atoms with van der Waals surface area (Å²) in [7, 11) is 0. The Bertz CT molecular complexity index is 870. The molecule has 0 aliphatic carbocycles. The number of para-hydroxylation sites is 1. The summed E-state index contributed by atoms with van der Waals surface area (Å²) >= 11 is 0. The third kappa shape index (κ3) is 3.77. The summed E-state index contributed by atoms with van der Waals surface area (Å²) in [4.78, 5) is 25.3. The van der Waals surface area contributed by atoms with E-state index in [-0.39, 0.29) is 17.7 Å². The van der Waals surface area contributed by atoms with E-state index in [1.54, 1.807) is 17.0 Å². The maximum atomic E-state index is 12.6. The van der Waals surface area contributed by atoms with Crippen LogP contribution in [-0.2, 0) is 11.2 Å². The highest BCUT2D eigenvalue weighted by Crippen LogP contribution is 2.30. The summed E-state index contributed by atoms with van der Waals surface area (Å²) in [6, 6.07) is 12.4. The minimum atomic E-state index is -0.470. The number of benzene rings is 2. The number of nitro benzene ring substituents is 1. The summed E-state index contributed by atoms with van der Waals surface area (Å²) in [6.07, 6.45) is 0.663. The predicted molar refractivity (Wildman–Crippen MR) is 103 cm³/mol. The number of anilines is 1. The molecule has 1 saturated heterocycles. The molecule has 0 radical (unpaired) electrons. The minimum absolute atomic E-state index is 0.0911. The number of amides is 1. The lowest BCUT2D eigenvalue weighted by Crippen LogP contribution is -2.40. The van der Waals surface area contributed by atoms with Crippen molar-refractivity contribution in [3.8, 4) is 5.75 Å². The van der Waals surface area contributed by atoms with E-state index in [0.29, 0.717) is 44.1 Å². The van der Waals surface area contributed by atoms with Gasteiger partial charge in [-0.3, -0.25) is 14.9 Å². The maximum Gasteiger partial charge on any atom is 0.293 e. The number of hydrogen-bond acceptors (Lipinski definition) is 6. The summed E-state index contributed by atoms with van der Waals surface area (Å²) in [5.41, 5.74) is 1.71. The van der Waals surface area contributed by atoms with E-state index < -0.39 is 4.92 Å². The topological polar surface area (TPSA) is 93.9 Å². The van der Waals surface area contributed by atoms with Gasteiger partial charge in [-0.15, -0.1) is 0 Å². The first kappa shape index (κ1) is 18.2. The molecule has 8 nitrogen and oxygen atoms in total. The van der Waals surface area contributed by atoms with Crippen LogP contribution in [0.1, 0.15) is 15.9 Å². The number of hydrogen-bond donors (Lipinski definition) is 1. The average Bonchev–Trinajstić information content (AvgIpc) is 3.15. The molecule has 1 N–H and O–H groups in total. The number of carbonyl (C=O) groups is 1. The van der Waals surface area contributed by atoms with Crippen LogP contribution in [0.15, 0.2) is 42.5 Å². The number of nitro groups is 1. The molecule has 0 spiro atoms. The van der Waals surface area contributed by atoms with E-state index in [0.717, 1.165) is 17.7 Å². The Morgan fingerprint density at radius 1 is 1.21 bits per heavy atom. The summed E-state index contributed by atoms with van der Waals surface area (Å²) < 4.78 is 11.1. The zero-order valence-electron chi connectivity index (χ0n) is 15.3. The standard InChI is InChI=1S/C20H21N3O5/c24-20(22-7-9-27-10-8-22)15-5-6-17(18(12-15)23(25)26)21-13-16-11-14-3-1-2-4-19(14)28-16/h1-6,12,16,21H,7-11,13H2/t16-/m1/s1. The van der Waals surface area contributed by atoms with Crippen molar-refractivity contribution >= 4 is 17.3 Å². The minimum Gasteiger partial charge on any atom is -0.488 e. The molecule has 0 unspecified atom stereocenters. The Balaban J connectivity index is 1.45. The fraction of sp³-hybridized carbons (Fsp3) is 0.350. The molecule has 1 fully saturated rings. The normalized spacial score (nSPS) is 18.3. The Hall–Kier alpha value is -3.13. The van der Waals surface area contributed by atoms with E-state index in [4.69, 9.17) is 9.47 Å². The van der Waals surface area contributed by atoms with Crippen molar-refractivity contribution in [3.63, 3.8) is 0 Å². The van der Waals surface area contributed by atoms with Gasteiger partial charge in [-0.2, -0.15) is 0 Å². The van der Waals surface area contributed by atoms with Gasteiger partial charge in [-0.05, 0) is 23.8 Å². The van der Waals surface area contributed by atoms with Crippen molar-refractivity contribution in [3.05, 3.63) is 63.7 Å². The number of morpholine rings is 1. The highest BCUT2D eigenvalue weighted by atomic mass is 16.6. The van der Waals surface area contributed by atoms with Crippen LogP contribution in [0.4, 0.5) is 11.4 Å². The van der Waals surface area contributed by atoms with Gasteiger partial charge in [0.25, 0.3) is 11.6 Å². The van der Waals surface area contributed by atoms with Crippen molar-refractivity contribution < 1.29 is 19.2 Å². The predicted octanol–water partition coefficient (Wildman–Crippen LogP) is 2.48. The molecule has 0 saturated carbocycles. The van der Waals surface area contributed by atoms with Crippen LogP contribution >= 0.6 is 0 Å². The van der Waals surface area contributed by atoms with Gasteiger partial charge in [0, 0.05) is 31.1 Å². The van der Waals surface area contributed by atoms with Crippen molar-refractivity contribution in [2.24, 2.45) is 0 Å². The average molecular weight is 383 g/mol. The van der Waals surface area contributed by atoms with Crippen LogP contribution in [0.3, 0.4) is 0 Å². The second-order valence-electron chi connectivity index (χ2n) is 6.83. The Morgan fingerprint density at radius 2 is 2.00 bits per heavy atom. The Labute approximate surface area is 162 Å². The largest absolute Gasteiger partial charge is 0.488 e. The molecule has 1 atom stereocenters. The van der Waals surface area contributed by atoms with Gasteiger partial charge in [0.15, 0.2) is 0 Å². The molecular weight excluding hydrogens is 362 g/mol. The van der Waals surface area contributed by atoms with Gasteiger partial charge in [0.1, 0.15) is 17.5 Å². The second kappa shape index (κ2) is 7.85. The molecule has 2 aliphatic rings. The van der Waals surface area contributed by atoms with Crippen LogP contribution in [-0.4, -0.2) is 54.7 Å². The fourth-order valence-corrected chi connectivity index (χ4v) is 3.51. The van der Waals surface area contributed by atoms with Gasteiger partial charge in [-0.1, -0.05) is 18.2 Å². The van der Waals surface area contributed by atoms with Gasteiger partial charge in [-0.25, -0.2) is 0 Å². The van der Waals surface area contributed by atoms with Crippen molar-refractivity contribution in [1.82, 2.24) is 4.90 Å². The molecule has 4 rings (SSSR count). The molecule has 28 heavy (non-hydrogen) atoms. The number of rotatable bonds is 5. The Morgan fingerprint density at radius 3 is 2.75 bits per heavy atom. The van der Waals surface area contributed by atoms with Crippen molar-refractivity contribution in [2.75, 3.05) is 38.2 Å². The van der Waals surface area contributed by atoms with E-state index in [2.05, 4.69) is 5.32 Å². The van der Waals surface area contributed by atoms with Gasteiger partial charge in [0.2, 0.25) is 0 Å². The maximum absolute atomic E-state index is 12.6. The monoisotopic (exact) mass is 383 g/mol. The molecular formula is C20H21N3O5. The summed E-state index contributed by atoms with van der Waals surface area (Å²) in [5.74, 6) is 0.641. The number of nitrogens with zero attached hydrogens (tertiary/aromatic N) is 2. The molecule has 8 heteroatoms. The van der Waals surface area contributed by atoms with Crippen molar-refractivity contribution in [1.29, 1.82) is 0 Å². The molecule has 146 valence electrons. The fourth-order valence-electron chi connectivity index (χ4n) is 3.51. The molecule has 2 heterocycles. The number of nitrogens with one attached hydrogen (secondary N) is 1. The Kier molecular flexibility index (Phi) is 5.12. The first-order valence-corrected chi connectivity index (χ1v) is 9.26. The lowest BCUT2D eigenvalue weighted by Gasteiger charge is -2.26. The van der Waals surface area contributed by atoms with E-state index in [1.807, 2.05) is 24.3 Å². The van der Waals surface area contributed by atoms with Crippen LogP contribution in [0.2, 0.25) is 0 Å². The van der Waals surface area contributed by atoms with Gasteiger partial charge < -0.3 is 19.7 Å². The van der Waals surface area contributed by atoms with Crippen LogP contribution < -0.4 is 10.1 Å². The number of ether oxygens (including phenoxy) is 2. The van der Waals surface area contributed by atoms with E-state index >= 15 is 0 Å². The highest BCUT2D eigenvalue weighted by molar-refractivity contribution is 5.95. The van der Waals surface area contributed by atoms with Crippen molar-refractivity contribution in [2.45, 2.75) is 12.5 Å². The summed E-state index contributed by atoms with van der Waals surface area (Å²) in [5, 5.41) is 14.6. The third-order valence-corrected chi connectivity index (χ3v) is 4.97. The molecule has 2 aromatic rings. The van der Waals surface area contributed by atoms with Crippen LogP contribution in [0, 0.1) is 10.1 Å². The zero-order chi connectivity index (χ0) is 19.5. The van der Waals surface area contributed by atoms with Crippen LogP contribution in [0.25, 0.3) is 0 Å². The molecule has 0 bridgehead atoms. The lowest BCUT2D eigenvalue weighted by molar-refractivity contribution is -0.384. The highest BCUT2D eigenvalue weighted by Gasteiger charge is 2.25. The molecule has 1 amide bonds. The molecule has 0 aromatic heterocycles. The second-order valence-corrected chi connectivity index (χ2v) is 6.83. The van der Waals surface area contributed by atoms with E-state index in [1.165, 1.54) is 6.07 Å². The number of carbonyl (C=O) groups excluding carboxylic acids is 1. The first-order chi connectivity index (χ1) is 13.6. The smallest absolute Gasteiger partial charge is 0.293 e. The molecule has 2 aliphatic heterocycles. The van der Waals surface area contributed by atoms with E-state index in [9.17, 15) is 14.9 Å². The lowest BCUT2D eigenvalue weighted by atomic mass is 10.1. The third-order valence-electron chi connectivity index (χ3n) is 4.97.